The summed E-state index contributed by atoms with van der Waals surface area (Å²) in [4.78, 5) is 29.4. The third-order valence-electron chi connectivity index (χ3n) is 3.02. The first kappa shape index (κ1) is 11.3. The Bertz CT molecular complexity index is 379. The van der Waals surface area contributed by atoms with Crippen LogP contribution in [0.5, 0.6) is 0 Å². The normalized spacial score (nSPS) is 17.4. The largest absolute Gasteiger partial charge is 0.338 e. The highest BCUT2D eigenvalue weighted by atomic mass is 32.1. The Morgan fingerprint density at radius 3 is 2.75 bits per heavy atom. The minimum atomic E-state index is 0.0156. The lowest BCUT2D eigenvalue weighted by atomic mass is 9.93. The maximum Gasteiger partial charge on any atom is 0.265 e. The van der Waals surface area contributed by atoms with Crippen LogP contribution in [0, 0.1) is 0 Å². The van der Waals surface area contributed by atoms with Crippen LogP contribution in [0.2, 0.25) is 0 Å². The zero-order valence-corrected chi connectivity index (χ0v) is 10.00. The molecule has 1 aromatic heterocycles. The van der Waals surface area contributed by atoms with Gasteiger partial charge < -0.3 is 4.90 Å². The van der Waals surface area contributed by atoms with Gasteiger partial charge in [0.25, 0.3) is 5.91 Å². The number of hydrogen-bond acceptors (Lipinski definition) is 4. The standard InChI is InChI=1S/C11H14N2O2S/c1-13(8-2-4-9(14)5-3-8)11(15)10-6-12-7-16-10/h6-8H,2-5H2,1H3. The molecule has 0 aliphatic heterocycles. The molecule has 1 fully saturated rings. The molecule has 2 rings (SSSR count). The molecular weight excluding hydrogens is 224 g/mol. The Morgan fingerprint density at radius 1 is 1.50 bits per heavy atom. The third kappa shape index (κ3) is 2.29. The van der Waals surface area contributed by atoms with Gasteiger partial charge in [-0.3, -0.25) is 14.6 Å². The van der Waals surface area contributed by atoms with Gasteiger partial charge in [-0.2, -0.15) is 0 Å². The van der Waals surface area contributed by atoms with E-state index in [1.54, 1.807) is 16.6 Å². The Labute approximate surface area is 98.3 Å². The number of carbonyl (C=O) groups is 2. The fourth-order valence-electron chi connectivity index (χ4n) is 1.97. The molecule has 86 valence electrons. The predicted molar refractivity (Wildman–Crippen MR) is 61.5 cm³/mol. The quantitative estimate of drug-likeness (QED) is 0.788. The smallest absolute Gasteiger partial charge is 0.265 e. The Morgan fingerprint density at radius 2 is 2.19 bits per heavy atom. The van der Waals surface area contributed by atoms with Crippen molar-refractivity contribution in [2.45, 2.75) is 31.7 Å². The average Bonchev–Trinajstić information content (AvgIpc) is 2.81. The van der Waals surface area contributed by atoms with Gasteiger partial charge in [-0.05, 0) is 12.8 Å². The van der Waals surface area contributed by atoms with Crippen LogP contribution < -0.4 is 0 Å². The first-order valence-corrected chi connectivity index (χ1v) is 6.24. The van der Waals surface area contributed by atoms with E-state index < -0.39 is 0 Å². The molecule has 1 aromatic rings. The van der Waals surface area contributed by atoms with Crippen molar-refractivity contribution in [3.05, 3.63) is 16.6 Å². The van der Waals surface area contributed by atoms with E-state index in [9.17, 15) is 9.59 Å². The van der Waals surface area contributed by atoms with Crippen molar-refractivity contribution in [3.63, 3.8) is 0 Å². The predicted octanol–water partition coefficient (Wildman–Crippen LogP) is 1.73. The lowest BCUT2D eigenvalue weighted by Gasteiger charge is -2.30. The molecule has 0 aromatic carbocycles. The number of amides is 1. The van der Waals surface area contributed by atoms with E-state index >= 15 is 0 Å². The fraction of sp³-hybridized carbons (Fsp3) is 0.545. The van der Waals surface area contributed by atoms with Gasteiger partial charge in [0.2, 0.25) is 0 Å². The number of ketones is 1. The highest BCUT2D eigenvalue weighted by Gasteiger charge is 2.26. The SMILES string of the molecule is CN(C(=O)c1cncs1)C1CCC(=O)CC1. The average molecular weight is 238 g/mol. The Kier molecular flexibility index (Phi) is 3.33. The lowest BCUT2D eigenvalue weighted by Crippen LogP contribution is -2.39. The molecule has 0 unspecified atom stereocenters. The van der Waals surface area contributed by atoms with Gasteiger partial charge in [0.15, 0.2) is 0 Å². The monoisotopic (exact) mass is 238 g/mol. The molecule has 0 atom stereocenters. The van der Waals surface area contributed by atoms with Crippen LogP contribution in [0.3, 0.4) is 0 Å². The van der Waals surface area contributed by atoms with Crippen LogP contribution in [0.1, 0.15) is 35.4 Å². The number of hydrogen-bond donors (Lipinski definition) is 0. The van der Waals surface area contributed by atoms with Crippen molar-refractivity contribution in [3.8, 4) is 0 Å². The number of aromatic nitrogens is 1. The van der Waals surface area contributed by atoms with E-state index in [-0.39, 0.29) is 11.9 Å². The molecule has 16 heavy (non-hydrogen) atoms. The zero-order valence-electron chi connectivity index (χ0n) is 9.18. The van der Waals surface area contributed by atoms with Gasteiger partial charge in [-0.1, -0.05) is 0 Å². The summed E-state index contributed by atoms with van der Waals surface area (Å²) in [7, 11) is 1.81. The van der Waals surface area contributed by atoms with Crippen LogP contribution in [0.15, 0.2) is 11.7 Å². The summed E-state index contributed by atoms with van der Waals surface area (Å²) in [6.07, 6.45) is 4.38. The molecule has 5 heteroatoms. The topological polar surface area (TPSA) is 50.3 Å². The van der Waals surface area contributed by atoms with Crippen molar-refractivity contribution >= 4 is 23.0 Å². The molecule has 0 N–H and O–H groups in total. The summed E-state index contributed by atoms with van der Waals surface area (Å²) in [5.74, 6) is 0.330. The van der Waals surface area contributed by atoms with Gasteiger partial charge in [-0.15, -0.1) is 11.3 Å². The minimum Gasteiger partial charge on any atom is -0.338 e. The Balaban J connectivity index is 1.99. The number of thiazole rings is 1. The molecule has 1 heterocycles. The number of nitrogens with zero attached hydrogens (tertiary/aromatic N) is 2. The van der Waals surface area contributed by atoms with Gasteiger partial charge in [0.05, 0.1) is 11.7 Å². The summed E-state index contributed by atoms with van der Waals surface area (Å²) < 4.78 is 0. The van der Waals surface area contributed by atoms with Gasteiger partial charge in [-0.25, -0.2) is 0 Å². The summed E-state index contributed by atoms with van der Waals surface area (Å²) in [5, 5.41) is 0. The van der Waals surface area contributed by atoms with E-state index in [1.807, 2.05) is 7.05 Å². The molecule has 0 spiro atoms. The number of Topliss-reactive ketones (excluding diaryl/α,β-unsaturated/α-hetero) is 1. The van der Waals surface area contributed by atoms with Crippen LogP contribution in [-0.4, -0.2) is 34.7 Å². The van der Waals surface area contributed by atoms with Crippen molar-refractivity contribution in [2.24, 2.45) is 0 Å². The fourth-order valence-corrected chi connectivity index (χ4v) is 2.57. The molecule has 1 aliphatic rings. The Hall–Kier alpha value is -1.23. The summed E-state index contributed by atoms with van der Waals surface area (Å²) in [6.45, 7) is 0. The van der Waals surface area contributed by atoms with Crippen molar-refractivity contribution in [1.82, 2.24) is 9.88 Å². The minimum absolute atomic E-state index is 0.0156. The molecule has 4 nitrogen and oxygen atoms in total. The summed E-state index contributed by atoms with van der Waals surface area (Å²) in [6, 6.07) is 0.201. The first-order valence-electron chi connectivity index (χ1n) is 5.36. The summed E-state index contributed by atoms with van der Waals surface area (Å²) >= 11 is 1.35. The molecule has 1 amide bonds. The highest BCUT2D eigenvalue weighted by Crippen LogP contribution is 2.21. The highest BCUT2D eigenvalue weighted by molar-refractivity contribution is 7.11. The van der Waals surface area contributed by atoms with E-state index in [4.69, 9.17) is 0 Å². The van der Waals surface area contributed by atoms with E-state index in [2.05, 4.69) is 4.98 Å². The first-order chi connectivity index (χ1) is 7.68. The second-order valence-corrected chi connectivity index (χ2v) is 4.94. The maximum atomic E-state index is 12.0. The molecular formula is C11H14N2O2S. The van der Waals surface area contributed by atoms with E-state index in [0.29, 0.717) is 23.5 Å². The molecule has 1 saturated carbocycles. The summed E-state index contributed by atoms with van der Waals surface area (Å²) in [5.41, 5.74) is 1.66. The molecule has 0 saturated heterocycles. The van der Waals surface area contributed by atoms with Crippen LogP contribution in [0.4, 0.5) is 0 Å². The molecule has 0 bridgehead atoms. The second kappa shape index (κ2) is 4.74. The zero-order chi connectivity index (χ0) is 11.5. The van der Waals surface area contributed by atoms with Crippen LogP contribution in [-0.2, 0) is 4.79 Å². The van der Waals surface area contributed by atoms with Gasteiger partial charge in [0, 0.05) is 25.9 Å². The van der Waals surface area contributed by atoms with Crippen LogP contribution in [0.25, 0.3) is 0 Å². The van der Waals surface area contributed by atoms with Crippen molar-refractivity contribution in [1.29, 1.82) is 0 Å². The van der Waals surface area contributed by atoms with Crippen molar-refractivity contribution in [2.75, 3.05) is 7.05 Å². The number of carbonyl (C=O) groups excluding carboxylic acids is 2. The maximum absolute atomic E-state index is 12.0. The van der Waals surface area contributed by atoms with Gasteiger partial charge >= 0.3 is 0 Å². The van der Waals surface area contributed by atoms with Gasteiger partial charge in [0.1, 0.15) is 10.7 Å². The van der Waals surface area contributed by atoms with E-state index in [1.165, 1.54) is 11.3 Å². The second-order valence-electron chi connectivity index (χ2n) is 4.05. The lowest BCUT2D eigenvalue weighted by molar-refractivity contribution is -0.121. The molecule has 1 aliphatic carbocycles. The molecule has 0 radical (unpaired) electrons. The third-order valence-corrected chi connectivity index (χ3v) is 3.79. The van der Waals surface area contributed by atoms with Crippen molar-refractivity contribution < 1.29 is 9.59 Å². The van der Waals surface area contributed by atoms with Crippen LogP contribution >= 0.6 is 11.3 Å². The van der Waals surface area contributed by atoms with E-state index in [0.717, 1.165) is 12.8 Å². The number of rotatable bonds is 2.